The molecule has 0 aliphatic rings. The maximum absolute atomic E-state index is 13.7. The lowest BCUT2D eigenvalue weighted by Crippen LogP contribution is -2.35. The normalized spacial score (nSPS) is 11.8. The largest absolute Gasteiger partial charge is 0.434 e. The average molecular weight is 353 g/mol. The number of halogens is 3. The molecule has 0 saturated heterocycles. The average Bonchev–Trinajstić information content (AvgIpc) is 2.97. The van der Waals surface area contributed by atoms with Crippen molar-refractivity contribution in [1.29, 1.82) is 0 Å². The molecule has 7 heteroatoms. The molecule has 0 fully saturated rings. The first-order chi connectivity index (χ1) is 11.7. The molecular formula is C18H22F3N3O. The summed E-state index contributed by atoms with van der Waals surface area (Å²) >= 11 is 0. The molecule has 2 rings (SSSR count). The smallest absolute Gasteiger partial charge is 0.339 e. The minimum Gasteiger partial charge on any atom is -0.339 e. The zero-order valence-electron chi connectivity index (χ0n) is 14.8. The number of aryl methyl sites for hydroxylation is 1. The van der Waals surface area contributed by atoms with Gasteiger partial charge in [-0.3, -0.25) is 4.79 Å². The Kier molecular flexibility index (Phi) is 5.55. The topological polar surface area (TPSA) is 38.1 Å². The zero-order valence-corrected chi connectivity index (χ0v) is 14.8. The molecule has 0 saturated carbocycles. The van der Waals surface area contributed by atoms with Crippen LogP contribution < -0.4 is 0 Å². The third kappa shape index (κ3) is 4.03. The number of alkyl halides is 3. The number of benzene rings is 1. The van der Waals surface area contributed by atoms with Gasteiger partial charge in [-0.05, 0) is 31.4 Å². The van der Waals surface area contributed by atoms with Crippen molar-refractivity contribution in [3.05, 3.63) is 47.3 Å². The standard InChI is InChI=1S/C18H22F3N3O/c1-5-23(11-12(2)3)17(25)14-10-22-24(16(14)18(19,20)21)15-9-7-6-8-13(15)4/h6-10,12H,5,11H2,1-4H3. The summed E-state index contributed by atoms with van der Waals surface area (Å²) in [4.78, 5) is 14.1. The molecule has 0 atom stereocenters. The van der Waals surface area contributed by atoms with E-state index in [1.807, 2.05) is 13.8 Å². The highest BCUT2D eigenvalue weighted by molar-refractivity contribution is 5.95. The summed E-state index contributed by atoms with van der Waals surface area (Å²) in [5, 5.41) is 3.88. The molecule has 0 bridgehead atoms. The second-order valence-electron chi connectivity index (χ2n) is 6.34. The van der Waals surface area contributed by atoms with Crippen molar-refractivity contribution in [1.82, 2.24) is 14.7 Å². The van der Waals surface area contributed by atoms with Gasteiger partial charge in [0, 0.05) is 13.1 Å². The Morgan fingerprint density at radius 3 is 2.44 bits per heavy atom. The molecule has 0 N–H and O–H groups in total. The Hall–Kier alpha value is -2.31. The Morgan fingerprint density at radius 1 is 1.28 bits per heavy atom. The second kappa shape index (κ2) is 7.29. The molecule has 2 aromatic rings. The van der Waals surface area contributed by atoms with Gasteiger partial charge < -0.3 is 4.90 Å². The van der Waals surface area contributed by atoms with Gasteiger partial charge in [0.2, 0.25) is 0 Å². The number of nitrogens with zero attached hydrogens (tertiary/aromatic N) is 3. The van der Waals surface area contributed by atoms with Crippen molar-refractivity contribution in [2.45, 2.75) is 33.9 Å². The van der Waals surface area contributed by atoms with Crippen LogP contribution in [-0.4, -0.2) is 33.7 Å². The molecule has 136 valence electrons. The van der Waals surface area contributed by atoms with E-state index < -0.39 is 23.3 Å². The predicted molar refractivity (Wildman–Crippen MR) is 89.7 cm³/mol. The van der Waals surface area contributed by atoms with Crippen LogP contribution in [0.5, 0.6) is 0 Å². The van der Waals surface area contributed by atoms with Gasteiger partial charge in [-0.2, -0.15) is 18.3 Å². The molecule has 0 aliphatic heterocycles. The van der Waals surface area contributed by atoms with Crippen LogP contribution in [0.2, 0.25) is 0 Å². The van der Waals surface area contributed by atoms with Crippen LogP contribution in [-0.2, 0) is 6.18 Å². The Bertz CT molecular complexity index is 750. The summed E-state index contributed by atoms with van der Waals surface area (Å²) in [6.45, 7) is 8.01. The lowest BCUT2D eigenvalue weighted by Gasteiger charge is -2.23. The van der Waals surface area contributed by atoms with Crippen molar-refractivity contribution in [2.75, 3.05) is 13.1 Å². The lowest BCUT2D eigenvalue weighted by atomic mass is 10.1. The van der Waals surface area contributed by atoms with Gasteiger partial charge in [0.1, 0.15) is 0 Å². The zero-order chi connectivity index (χ0) is 18.8. The Balaban J connectivity index is 2.57. The Labute approximate surface area is 145 Å². The fraction of sp³-hybridized carbons (Fsp3) is 0.444. The number of hydrogen-bond donors (Lipinski definition) is 0. The SMILES string of the molecule is CCN(CC(C)C)C(=O)c1cnn(-c2ccccc2C)c1C(F)(F)F. The van der Waals surface area contributed by atoms with Crippen molar-refractivity contribution < 1.29 is 18.0 Å². The molecular weight excluding hydrogens is 331 g/mol. The minimum absolute atomic E-state index is 0.157. The summed E-state index contributed by atoms with van der Waals surface area (Å²) in [5.74, 6) is -0.493. The number of hydrogen-bond acceptors (Lipinski definition) is 2. The van der Waals surface area contributed by atoms with E-state index in [1.165, 1.54) is 4.90 Å². The van der Waals surface area contributed by atoms with E-state index >= 15 is 0 Å². The fourth-order valence-electron chi connectivity index (χ4n) is 2.73. The van der Waals surface area contributed by atoms with E-state index in [-0.39, 0.29) is 5.92 Å². The summed E-state index contributed by atoms with van der Waals surface area (Å²) in [5.41, 5.74) is -0.502. The fourth-order valence-corrected chi connectivity index (χ4v) is 2.73. The second-order valence-corrected chi connectivity index (χ2v) is 6.34. The van der Waals surface area contributed by atoms with Crippen LogP contribution in [0.1, 0.15) is 42.4 Å². The molecule has 0 spiro atoms. The highest BCUT2D eigenvalue weighted by Crippen LogP contribution is 2.34. The Morgan fingerprint density at radius 2 is 1.92 bits per heavy atom. The molecule has 0 radical (unpaired) electrons. The van der Waals surface area contributed by atoms with Gasteiger partial charge in [0.15, 0.2) is 5.69 Å². The molecule has 1 aromatic heterocycles. The minimum atomic E-state index is -4.69. The molecule has 1 aromatic carbocycles. The van der Waals surface area contributed by atoms with E-state index in [4.69, 9.17) is 0 Å². The third-order valence-electron chi connectivity index (χ3n) is 3.87. The van der Waals surface area contributed by atoms with Gasteiger partial charge in [0.05, 0.1) is 17.4 Å². The van der Waals surface area contributed by atoms with Crippen LogP contribution in [0.25, 0.3) is 5.69 Å². The van der Waals surface area contributed by atoms with Crippen LogP contribution in [0.15, 0.2) is 30.5 Å². The van der Waals surface area contributed by atoms with Gasteiger partial charge in [-0.1, -0.05) is 32.0 Å². The van der Waals surface area contributed by atoms with Crippen molar-refractivity contribution in [2.24, 2.45) is 5.92 Å². The predicted octanol–water partition coefficient (Wildman–Crippen LogP) is 4.32. The number of carbonyl (C=O) groups excluding carboxylic acids is 1. The first-order valence-electron chi connectivity index (χ1n) is 8.17. The van der Waals surface area contributed by atoms with E-state index in [9.17, 15) is 18.0 Å². The van der Waals surface area contributed by atoms with Gasteiger partial charge in [-0.25, -0.2) is 4.68 Å². The monoisotopic (exact) mass is 353 g/mol. The van der Waals surface area contributed by atoms with E-state index in [0.717, 1.165) is 10.9 Å². The van der Waals surface area contributed by atoms with Gasteiger partial charge in [-0.15, -0.1) is 0 Å². The van der Waals surface area contributed by atoms with Gasteiger partial charge in [0.25, 0.3) is 5.91 Å². The van der Waals surface area contributed by atoms with E-state index in [1.54, 1.807) is 38.1 Å². The summed E-state index contributed by atoms with van der Waals surface area (Å²) in [6, 6.07) is 6.64. The number of aromatic nitrogens is 2. The van der Waals surface area contributed by atoms with Crippen LogP contribution >= 0.6 is 0 Å². The number of amides is 1. The first kappa shape index (κ1) is 19.0. The van der Waals surface area contributed by atoms with Crippen molar-refractivity contribution in [3.63, 3.8) is 0 Å². The highest BCUT2D eigenvalue weighted by Gasteiger charge is 2.41. The van der Waals surface area contributed by atoms with Crippen LogP contribution in [0.4, 0.5) is 13.2 Å². The highest BCUT2D eigenvalue weighted by atomic mass is 19.4. The quantitative estimate of drug-likeness (QED) is 0.803. The summed E-state index contributed by atoms with van der Waals surface area (Å²) < 4.78 is 42.0. The van der Waals surface area contributed by atoms with Gasteiger partial charge >= 0.3 is 6.18 Å². The van der Waals surface area contributed by atoms with Crippen LogP contribution in [0, 0.1) is 12.8 Å². The van der Waals surface area contributed by atoms with Crippen molar-refractivity contribution in [3.8, 4) is 5.69 Å². The molecule has 4 nitrogen and oxygen atoms in total. The van der Waals surface area contributed by atoms with Crippen molar-refractivity contribution >= 4 is 5.91 Å². The molecule has 25 heavy (non-hydrogen) atoms. The van der Waals surface area contributed by atoms with Crippen LogP contribution in [0.3, 0.4) is 0 Å². The molecule has 0 unspecified atom stereocenters. The molecule has 0 aliphatic carbocycles. The molecule has 1 amide bonds. The number of rotatable bonds is 5. The third-order valence-corrected chi connectivity index (χ3v) is 3.87. The first-order valence-corrected chi connectivity index (χ1v) is 8.17. The summed E-state index contributed by atoms with van der Waals surface area (Å²) in [7, 11) is 0. The van der Waals surface area contributed by atoms with E-state index in [0.29, 0.717) is 24.3 Å². The number of para-hydroxylation sites is 1. The molecule has 1 heterocycles. The van der Waals surface area contributed by atoms with E-state index in [2.05, 4.69) is 5.10 Å². The number of carbonyl (C=O) groups is 1. The maximum atomic E-state index is 13.7. The lowest BCUT2D eigenvalue weighted by molar-refractivity contribution is -0.143. The summed E-state index contributed by atoms with van der Waals surface area (Å²) in [6.07, 6.45) is -3.68. The maximum Gasteiger partial charge on any atom is 0.434 e.